The SMILES string of the molecule is CCOC(=O)CN1C(=O)CC(c2ccccc2Cl)C(C(=O)OC(C)(C)C)=C1C. The molecule has 1 aliphatic rings. The van der Waals surface area contributed by atoms with Crippen LogP contribution < -0.4 is 0 Å². The lowest BCUT2D eigenvalue weighted by atomic mass is 9.83. The fourth-order valence-corrected chi connectivity index (χ4v) is 3.43. The number of rotatable bonds is 5. The number of benzene rings is 1. The number of nitrogens with zero attached hydrogens (tertiary/aromatic N) is 1. The molecule has 0 aliphatic carbocycles. The van der Waals surface area contributed by atoms with Gasteiger partial charge >= 0.3 is 11.9 Å². The Morgan fingerprint density at radius 2 is 1.89 bits per heavy atom. The van der Waals surface area contributed by atoms with Crippen LogP contribution in [0.1, 0.15) is 52.5 Å². The number of hydrogen-bond donors (Lipinski definition) is 0. The molecule has 1 atom stereocenters. The van der Waals surface area contributed by atoms with Crippen molar-refractivity contribution in [2.75, 3.05) is 13.2 Å². The monoisotopic (exact) mass is 407 g/mol. The molecule has 0 saturated heterocycles. The van der Waals surface area contributed by atoms with Gasteiger partial charge in [0.15, 0.2) is 0 Å². The first-order valence-electron chi connectivity index (χ1n) is 9.19. The summed E-state index contributed by atoms with van der Waals surface area (Å²) in [6, 6.07) is 7.10. The summed E-state index contributed by atoms with van der Waals surface area (Å²) >= 11 is 6.34. The molecule has 0 bridgehead atoms. The molecule has 0 aromatic heterocycles. The van der Waals surface area contributed by atoms with Gasteiger partial charge < -0.3 is 14.4 Å². The molecule has 1 aromatic rings. The molecule has 1 aliphatic heterocycles. The molecule has 1 amide bonds. The van der Waals surface area contributed by atoms with Crippen LogP contribution in [0, 0.1) is 0 Å². The van der Waals surface area contributed by atoms with E-state index >= 15 is 0 Å². The van der Waals surface area contributed by atoms with Gasteiger partial charge in [0.1, 0.15) is 12.1 Å². The van der Waals surface area contributed by atoms with Crippen LogP contribution in [0.3, 0.4) is 0 Å². The van der Waals surface area contributed by atoms with Crippen molar-refractivity contribution < 1.29 is 23.9 Å². The number of carbonyl (C=O) groups excluding carboxylic acids is 3. The van der Waals surface area contributed by atoms with Crippen molar-refractivity contribution in [2.45, 2.75) is 52.6 Å². The molecule has 7 heteroatoms. The van der Waals surface area contributed by atoms with Crippen LogP contribution in [0.25, 0.3) is 0 Å². The van der Waals surface area contributed by atoms with Gasteiger partial charge in [-0.15, -0.1) is 0 Å². The molecular weight excluding hydrogens is 382 g/mol. The number of halogens is 1. The van der Waals surface area contributed by atoms with Gasteiger partial charge in [0.05, 0.1) is 12.2 Å². The van der Waals surface area contributed by atoms with Crippen molar-refractivity contribution in [1.82, 2.24) is 4.90 Å². The first-order chi connectivity index (χ1) is 13.0. The van der Waals surface area contributed by atoms with E-state index in [4.69, 9.17) is 21.1 Å². The van der Waals surface area contributed by atoms with E-state index in [9.17, 15) is 14.4 Å². The molecule has 1 unspecified atom stereocenters. The predicted molar refractivity (Wildman–Crippen MR) is 106 cm³/mol. The van der Waals surface area contributed by atoms with Crippen LogP contribution >= 0.6 is 11.6 Å². The lowest BCUT2D eigenvalue weighted by Crippen LogP contribution is -2.42. The maximum Gasteiger partial charge on any atom is 0.336 e. The number of hydrogen-bond acceptors (Lipinski definition) is 5. The Labute approximate surface area is 170 Å². The zero-order valence-electron chi connectivity index (χ0n) is 16.9. The van der Waals surface area contributed by atoms with E-state index in [0.29, 0.717) is 21.9 Å². The van der Waals surface area contributed by atoms with Crippen molar-refractivity contribution in [3.05, 3.63) is 46.1 Å². The van der Waals surface area contributed by atoms with E-state index in [0.717, 1.165) is 0 Å². The summed E-state index contributed by atoms with van der Waals surface area (Å²) in [6.45, 7) is 8.61. The lowest BCUT2D eigenvalue weighted by Gasteiger charge is -2.35. The van der Waals surface area contributed by atoms with Gasteiger partial charge in [0, 0.05) is 23.1 Å². The van der Waals surface area contributed by atoms with E-state index < -0.39 is 23.5 Å². The Balaban J connectivity index is 2.53. The second-order valence-corrected chi connectivity index (χ2v) is 7.97. The van der Waals surface area contributed by atoms with E-state index in [-0.39, 0.29) is 25.5 Å². The van der Waals surface area contributed by atoms with Gasteiger partial charge in [-0.25, -0.2) is 4.79 Å². The molecular formula is C21H26ClNO5. The molecule has 1 aromatic carbocycles. The third-order valence-electron chi connectivity index (χ3n) is 4.31. The fourth-order valence-electron chi connectivity index (χ4n) is 3.16. The van der Waals surface area contributed by atoms with E-state index in [1.54, 1.807) is 58.9 Å². The highest BCUT2D eigenvalue weighted by molar-refractivity contribution is 6.31. The van der Waals surface area contributed by atoms with Crippen LogP contribution in [0.15, 0.2) is 35.5 Å². The number of amides is 1. The smallest absolute Gasteiger partial charge is 0.336 e. The largest absolute Gasteiger partial charge is 0.465 e. The summed E-state index contributed by atoms with van der Waals surface area (Å²) in [7, 11) is 0. The number of esters is 2. The highest BCUT2D eigenvalue weighted by atomic mass is 35.5. The van der Waals surface area contributed by atoms with Crippen molar-refractivity contribution in [1.29, 1.82) is 0 Å². The van der Waals surface area contributed by atoms with Crippen LogP contribution in [0.5, 0.6) is 0 Å². The topological polar surface area (TPSA) is 72.9 Å². The second-order valence-electron chi connectivity index (χ2n) is 7.56. The molecule has 0 fully saturated rings. The Hall–Kier alpha value is -2.34. The highest BCUT2D eigenvalue weighted by Gasteiger charge is 2.39. The highest BCUT2D eigenvalue weighted by Crippen LogP contribution is 2.40. The molecule has 1 heterocycles. The minimum absolute atomic E-state index is 0.00898. The van der Waals surface area contributed by atoms with Gasteiger partial charge in [-0.1, -0.05) is 29.8 Å². The van der Waals surface area contributed by atoms with Gasteiger partial charge in [0.2, 0.25) is 5.91 Å². The Morgan fingerprint density at radius 3 is 2.46 bits per heavy atom. The maximum absolute atomic E-state index is 13.0. The average Bonchev–Trinajstić information content (AvgIpc) is 2.57. The maximum atomic E-state index is 13.0. The van der Waals surface area contributed by atoms with Crippen LogP contribution in [-0.2, 0) is 23.9 Å². The van der Waals surface area contributed by atoms with Gasteiger partial charge in [-0.3, -0.25) is 9.59 Å². The van der Waals surface area contributed by atoms with E-state index in [2.05, 4.69) is 0 Å². The molecule has 0 N–H and O–H groups in total. The van der Waals surface area contributed by atoms with E-state index in [1.807, 2.05) is 0 Å². The Kier molecular flexibility index (Phi) is 6.88. The summed E-state index contributed by atoms with van der Waals surface area (Å²) in [6.07, 6.45) is 0.00898. The lowest BCUT2D eigenvalue weighted by molar-refractivity contribution is -0.152. The first-order valence-corrected chi connectivity index (χ1v) is 9.57. The fraction of sp³-hybridized carbons (Fsp3) is 0.476. The Bertz CT molecular complexity index is 809. The molecule has 6 nitrogen and oxygen atoms in total. The van der Waals surface area contributed by atoms with Crippen LogP contribution in [-0.4, -0.2) is 41.5 Å². The third kappa shape index (κ3) is 5.13. The summed E-state index contributed by atoms with van der Waals surface area (Å²) < 4.78 is 10.5. The van der Waals surface area contributed by atoms with Gasteiger partial charge in [0.25, 0.3) is 0 Å². The summed E-state index contributed by atoms with van der Waals surface area (Å²) in [5, 5.41) is 0.466. The standard InChI is InChI=1S/C21H26ClNO5/c1-6-27-18(25)12-23-13(2)19(20(26)28-21(3,4)5)15(11-17(23)24)14-9-7-8-10-16(14)22/h7-10,15H,6,11-12H2,1-5H3. The van der Waals surface area contributed by atoms with Crippen molar-refractivity contribution >= 4 is 29.4 Å². The van der Waals surface area contributed by atoms with E-state index in [1.165, 1.54) is 4.90 Å². The summed E-state index contributed by atoms with van der Waals surface area (Å²) in [5.41, 5.74) is 0.673. The van der Waals surface area contributed by atoms with Gasteiger partial charge in [-0.05, 0) is 46.2 Å². The molecule has 0 spiro atoms. The minimum atomic E-state index is -0.706. The molecule has 152 valence electrons. The molecule has 28 heavy (non-hydrogen) atoms. The molecule has 0 saturated carbocycles. The number of allylic oxidation sites excluding steroid dienone is 1. The Morgan fingerprint density at radius 1 is 1.25 bits per heavy atom. The normalized spacial score (nSPS) is 17.6. The average molecular weight is 408 g/mol. The number of ether oxygens (including phenoxy) is 2. The van der Waals surface area contributed by atoms with Crippen LogP contribution in [0.4, 0.5) is 0 Å². The summed E-state index contributed by atoms with van der Waals surface area (Å²) in [4.78, 5) is 39.0. The van der Waals surface area contributed by atoms with Crippen molar-refractivity contribution in [3.8, 4) is 0 Å². The molecule has 2 rings (SSSR count). The zero-order chi connectivity index (χ0) is 21.1. The second kappa shape index (κ2) is 8.78. The first kappa shape index (κ1) is 22.0. The van der Waals surface area contributed by atoms with Crippen molar-refractivity contribution in [3.63, 3.8) is 0 Å². The summed E-state index contributed by atoms with van der Waals surface area (Å²) in [5.74, 6) is -1.89. The van der Waals surface area contributed by atoms with Crippen LogP contribution in [0.2, 0.25) is 5.02 Å². The zero-order valence-corrected chi connectivity index (χ0v) is 17.6. The quantitative estimate of drug-likeness (QED) is 0.693. The number of carbonyl (C=O) groups is 3. The minimum Gasteiger partial charge on any atom is -0.465 e. The van der Waals surface area contributed by atoms with Gasteiger partial charge in [-0.2, -0.15) is 0 Å². The van der Waals surface area contributed by atoms with Crippen molar-refractivity contribution in [2.24, 2.45) is 0 Å². The predicted octanol–water partition coefficient (Wildman–Crippen LogP) is 3.83. The third-order valence-corrected chi connectivity index (χ3v) is 4.66. The molecule has 0 radical (unpaired) electrons.